The average Bonchev–Trinajstić information content (AvgIpc) is 2.76. The van der Waals surface area contributed by atoms with Crippen LogP contribution in [0, 0.1) is 0 Å². The van der Waals surface area contributed by atoms with E-state index in [0.717, 1.165) is 19.6 Å². The van der Waals surface area contributed by atoms with Crippen molar-refractivity contribution in [2.24, 2.45) is 5.73 Å². The van der Waals surface area contributed by atoms with Gasteiger partial charge in [-0.1, -0.05) is 0 Å². The number of thiophene rings is 1. The Morgan fingerprint density at radius 2 is 2.42 bits per heavy atom. The first-order valence-corrected chi connectivity index (χ1v) is 7.27. The van der Waals surface area contributed by atoms with Gasteiger partial charge in [-0.3, -0.25) is 9.69 Å². The Hall–Kier alpha value is -0.950. The maximum absolute atomic E-state index is 11.1. The Morgan fingerprint density at radius 3 is 3.11 bits per heavy atom. The molecule has 0 spiro atoms. The highest BCUT2D eigenvalue weighted by molar-refractivity contribution is 7.10. The molecule has 1 atom stereocenters. The number of nitrogens with two attached hydrogens (primary N) is 1. The van der Waals surface area contributed by atoms with Crippen molar-refractivity contribution in [1.29, 1.82) is 0 Å². The fraction of sp³-hybridized carbons (Fsp3) is 0.615. The molecule has 106 valence electrons. The number of ether oxygens (including phenoxy) is 1. The van der Waals surface area contributed by atoms with Crippen LogP contribution in [0.2, 0.25) is 0 Å². The summed E-state index contributed by atoms with van der Waals surface area (Å²) in [5, 5.41) is 2.20. The SMILES string of the molecule is CN(C)Cc1csc(CN2CCO[C@@H](C(N)=O)C2)c1. The lowest BCUT2D eigenvalue weighted by molar-refractivity contribution is -0.135. The largest absolute Gasteiger partial charge is 0.367 e. The topological polar surface area (TPSA) is 58.8 Å². The highest BCUT2D eigenvalue weighted by atomic mass is 32.1. The number of primary amides is 1. The molecule has 0 aromatic carbocycles. The minimum absolute atomic E-state index is 0.371. The molecular formula is C13H21N3O2S. The fourth-order valence-corrected chi connectivity index (χ4v) is 3.12. The molecule has 1 aromatic rings. The second-order valence-corrected chi connectivity index (χ2v) is 6.15. The predicted octanol–water partition coefficient (Wildman–Crippen LogP) is 0.496. The van der Waals surface area contributed by atoms with Crippen molar-refractivity contribution in [3.63, 3.8) is 0 Å². The van der Waals surface area contributed by atoms with Crippen LogP contribution < -0.4 is 5.73 Å². The van der Waals surface area contributed by atoms with E-state index in [2.05, 4.69) is 35.3 Å². The van der Waals surface area contributed by atoms with Crippen LogP contribution in [-0.4, -0.2) is 55.6 Å². The molecule has 1 aliphatic heterocycles. The van der Waals surface area contributed by atoms with E-state index in [1.165, 1.54) is 10.4 Å². The Morgan fingerprint density at radius 1 is 1.63 bits per heavy atom. The molecule has 19 heavy (non-hydrogen) atoms. The van der Waals surface area contributed by atoms with Gasteiger partial charge < -0.3 is 15.4 Å². The number of rotatable bonds is 5. The van der Waals surface area contributed by atoms with Crippen molar-refractivity contribution < 1.29 is 9.53 Å². The highest BCUT2D eigenvalue weighted by Gasteiger charge is 2.24. The normalized spacial score (nSPS) is 20.9. The fourth-order valence-electron chi connectivity index (χ4n) is 2.20. The van der Waals surface area contributed by atoms with Gasteiger partial charge in [-0.15, -0.1) is 11.3 Å². The molecule has 1 aliphatic rings. The van der Waals surface area contributed by atoms with Gasteiger partial charge in [0, 0.05) is 31.1 Å². The Kier molecular flexibility index (Phi) is 4.93. The lowest BCUT2D eigenvalue weighted by Crippen LogP contribution is -2.47. The van der Waals surface area contributed by atoms with Crippen LogP contribution in [0.4, 0.5) is 0 Å². The smallest absolute Gasteiger partial charge is 0.247 e. The van der Waals surface area contributed by atoms with Gasteiger partial charge in [0.15, 0.2) is 0 Å². The number of carbonyl (C=O) groups is 1. The Labute approximate surface area is 117 Å². The molecule has 0 bridgehead atoms. The first kappa shape index (κ1) is 14.5. The van der Waals surface area contributed by atoms with Crippen molar-refractivity contribution in [3.05, 3.63) is 21.9 Å². The zero-order valence-electron chi connectivity index (χ0n) is 11.5. The standard InChI is InChI=1S/C13H21N3O2S/c1-15(2)6-10-5-11(19-9-10)7-16-3-4-18-12(8-16)13(14)17/h5,9,12H,3-4,6-8H2,1-2H3,(H2,14,17)/t12-/m1/s1. The van der Waals surface area contributed by atoms with Crippen LogP contribution in [0.15, 0.2) is 11.4 Å². The van der Waals surface area contributed by atoms with Crippen molar-refractivity contribution in [2.45, 2.75) is 19.2 Å². The maximum Gasteiger partial charge on any atom is 0.247 e. The average molecular weight is 283 g/mol. The first-order chi connectivity index (χ1) is 9.04. The molecule has 6 heteroatoms. The lowest BCUT2D eigenvalue weighted by Gasteiger charge is -2.30. The van der Waals surface area contributed by atoms with Gasteiger partial charge in [-0.05, 0) is 31.1 Å². The van der Waals surface area contributed by atoms with Crippen molar-refractivity contribution in [1.82, 2.24) is 9.80 Å². The molecule has 2 heterocycles. The third-order valence-corrected chi connectivity index (χ3v) is 4.02. The molecule has 1 fully saturated rings. The van der Waals surface area contributed by atoms with Crippen LogP contribution in [0.5, 0.6) is 0 Å². The summed E-state index contributed by atoms with van der Waals surface area (Å²) < 4.78 is 5.35. The minimum atomic E-state index is -0.463. The van der Waals surface area contributed by atoms with Crippen LogP contribution >= 0.6 is 11.3 Å². The van der Waals surface area contributed by atoms with Gasteiger partial charge in [0.2, 0.25) is 5.91 Å². The van der Waals surface area contributed by atoms with Gasteiger partial charge in [0.25, 0.3) is 0 Å². The van der Waals surface area contributed by atoms with Crippen LogP contribution in [0.1, 0.15) is 10.4 Å². The summed E-state index contributed by atoms with van der Waals surface area (Å²) in [5.41, 5.74) is 6.63. The van der Waals surface area contributed by atoms with E-state index in [1.807, 2.05) is 0 Å². The van der Waals surface area contributed by atoms with Gasteiger partial charge in [-0.25, -0.2) is 0 Å². The summed E-state index contributed by atoms with van der Waals surface area (Å²) in [6, 6.07) is 2.24. The molecule has 0 aliphatic carbocycles. The summed E-state index contributed by atoms with van der Waals surface area (Å²) in [5.74, 6) is -0.371. The predicted molar refractivity (Wildman–Crippen MR) is 75.9 cm³/mol. The van der Waals surface area contributed by atoms with E-state index < -0.39 is 6.10 Å². The van der Waals surface area contributed by atoms with Crippen molar-refractivity contribution >= 4 is 17.2 Å². The van der Waals surface area contributed by atoms with Crippen molar-refractivity contribution in [3.8, 4) is 0 Å². The summed E-state index contributed by atoms with van der Waals surface area (Å²) >= 11 is 1.77. The van der Waals surface area contributed by atoms with E-state index in [9.17, 15) is 4.79 Å². The summed E-state index contributed by atoms with van der Waals surface area (Å²) in [6.45, 7) is 3.85. The molecule has 1 saturated heterocycles. The zero-order chi connectivity index (χ0) is 13.8. The molecule has 0 radical (unpaired) electrons. The number of nitrogens with zero attached hydrogens (tertiary/aromatic N) is 2. The molecule has 5 nitrogen and oxygen atoms in total. The van der Waals surface area contributed by atoms with E-state index in [1.54, 1.807) is 11.3 Å². The van der Waals surface area contributed by atoms with E-state index in [4.69, 9.17) is 10.5 Å². The number of hydrogen-bond acceptors (Lipinski definition) is 5. The third kappa shape index (κ3) is 4.28. The Balaban J connectivity index is 1.89. The molecule has 1 amide bonds. The lowest BCUT2D eigenvalue weighted by atomic mass is 10.2. The molecule has 2 N–H and O–H groups in total. The number of amides is 1. The summed E-state index contributed by atoms with van der Waals surface area (Å²) in [7, 11) is 4.13. The van der Waals surface area contributed by atoms with Gasteiger partial charge >= 0.3 is 0 Å². The second-order valence-electron chi connectivity index (χ2n) is 5.16. The monoisotopic (exact) mass is 283 g/mol. The number of carbonyl (C=O) groups excluding carboxylic acids is 1. The first-order valence-electron chi connectivity index (χ1n) is 6.39. The number of hydrogen-bond donors (Lipinski definition) is 1. The summed E-state index contributed by atoms with van der Waals surface area (Å²) in [6.07, 6.45) is -0.463. The third-order valence-electron chi connectivity index (χ3n) is 3.05. The van der Waals surface area contributed by atoms with E-state index in [-0.39, 0.29) is 5.91 Å². The number of morpholine rings is 1. The second kappa shape index (κ2) is 6.47. The molecule has 0 unspecified atom stereocenters. The summed E-state index contributed by atoms with van der Waals surface area (Å²) in [4.78, 5) is 16.8. The van der Waals surface area contributed by atoms with E-state index in [0.29, 0.717) is 13.2 Å². The minimum Gasteiger partial charge on any atom is -0.367 e. The van der Waals surface area contributed by atoms with Gasteiger partial charge in [0.05, 0.1) is 6.61 Å². The molecule has 1 aromatic heterocycles. The highest BCUT2D eigenvalue weighted by Crippen LogP contribution is 2.19. The van der Waals surface area contributed by atoms with Crippen LogP contribution in [-0.2, 0) is 22.6 Å². The molecule has 0 saturated carbocycles. The van der Waals surface area contributed by atoms with Crippen LogP contribution in [0.3, 0.4) is 0 Å². The quantitative estimate of drug-likeness (QED) is 0.855. The molecule has 2 rings (SSSR count). The van der Waals surface area contributed by atoms with Gasteiger partial charge in [0.1, 0.15) is 6.10 Å². The zero-order valence-corrected chi connectivity index (χ0v) is 12.3. The van der Waals surface area contributed by atoms with Gasteiger partial charge in [-0.2, -0.15) is 0 Å². The maximum atomic E-state index is 11.1. The Bertz CT molecular complexity index is 433. The molecular weight excluding hydrogens is 262 g/mol. The van der Waals surface area contributed by atoms with E-state index >= 15 is 0 Å². The van der Waals surface area contributed by atoms with Crippen molar-refractivity contribution in [2.75, 3.05) is 33.8 Å². The van der Waals surface area contributed by atoms with Crippen LogP contribution in [0.25, 0.3) is 0 Å².